The van der Waals surface area contributed by atoms with Crippen molar-refractivity contribution in [2.45, 2.75) is 32.2 Å². The van der Waals surface area contributed by atoms with Crippen LogP contribution in [0.25, 0.3) is 16.8 Å². The van der Waals surface area contributed by atoms with Crippen molar-refractivity contribution in [1.82, 2.24) is 14.6 Å². The third-order valence-electron chi connectivity index (χ3n) is 5.12. The molecule has 2 aromatic carbocycles. The number of aryl methyl sites for hydroxylation is 3. The highest BCUT2D eigenvalue weighted by atomic mass is 32.2. The smallest absolute Gasteiger partial charge is 0.234 e. The maximum atomic E-state index is 12.4. The first-order chi connectivity index (χ1) is 14.5. The lowest BCUT2D eigenvalue weighted by molar-refractivity contribution is -0.113. The number of nitrogens with one attached hydrogen (secondary N) is 1. The Morgan fingerprint density at radius 3 is 2.77 bits per heavy atom. The zero-order chi connectivity index (χ0) is 21.1. The quantitative estimate of drug-likeness (QED) is 0.433. The molecule has 5 nitrogen and oxygen atoms in total. The first-order valence-corrected chi connectivity index (χ1v) is 11.0. The second kappa shape index (κ2) is 8.71. The minimum atomic E-state index is -0.0500. The van der Waals surface area contributed by atoms with E-state index >= 15 is 0 Å². The number of anilines is 1. The number of fused-ring (bicyclic) bond motifs is 1. The summed E-state index contributed by atoms with van der Waals surface area (Å²) >= 11 is 1.42. The molecule has 0 aliphatic rings. The number of aromatic nitrogens is 3. The number of rotatable bonds is 6. The van der Waals surface area contributed by atoms with Crippen LogP contribution in [0.3, 0.4) is 0 Å². The molecular formula is C24H24N4OS. The number of carbonyl (C=O) groups excluding carboxylic acids is 1. The van der Waals surface area contributed by atoms with E-state index in [1.807, 2.05) is 35.0 Å². The molecule has 0 bridgehead atoms. The van der Waals surface area contributed by atoms with Crippen LogP contribution < -0.4 is 5.32 Å². The van der Waals surface area contributed by atoms with E-state index in [1.54, 1.807) is 6.20 Å². The van der Waals surface area contributed by atoms with Gasteiger partial charge in [-0.1, -0.05) is 43.0 Å². The number of nitrogens with zero attached hydrogens (tertiary/aromatic N) is 3. The van der Waals surface area contributed by atoms with Gasteiger partial charge in [0.25, 0.3) is 0 Å². The monoisotopic (exact) mass is 416 g/mol. The Labute approximate surface area is 180 Å². The lowest BCUT2D eigenvalue weighted by atomic mass is 10.0. The molecule has 0 aliphatic heterocycles. The second-order valence-corrected chi connectivity index (χ2v) is 8.25. The predicted molar refractivity (Wildman–Crippen MR) is 123 cm³/mol. The average Bonchev–Trinajstić information content (AvgIpc) is 3.19. The number of hydrogen-bond acceptors (Lipinski definition) is 4. The van der Waals surface area contributed by atoms with Crippen molar-refractivity contribution in [2.24, 2.45) is 0 Å². The van der Waals surface area contributed by atoms with Gasteiger partial charge < -0.3 is 5.32 Å². The van der Waals surface area contributed by atoms with E-state index in [9.17, 15) is 4.79 Å². The normalized spacial score (nSPS) is 11.0. The van der Waals surface area contributed by atoms with Gasteiger partial charge in [0.1, 0.15) is 5.03 Å². The van der Waals surface area contributed by atoms with Gasteiger partial charge >= 0.3 is 0 Å². The molecule has 0 atom stereocenters. The Morgan fingerprint density at radius 1 is 1.10 bits per heavy atom. The highest BCUT2D eigenvalue weighted by Crippen LogP contribution is 2.27. The molecule has 0 unspecified atom stereocenters. The molecule has 1 N–H and O–H groups in total. The van der Waals surface area contributed by atoms with Crippen LogP contribution in [0.15, 0.2) is 66.0 Å². The van der Waals surface area contributed by atoms with Crippen molar-refractivity contribution < 1.29 is 4.79 Å². The van der Waals surface area contributed by atoms with Gasteiger partial charge in [-0.25, -0.2) is 9.50 Å². The van der Waals surface area contributed by atoms with Crippen LogP contribution in [0.4, 0.5) is 5.69 Å². The minimum absolute atomic E-state index is 0.0500. The van der Waals surface area contributed by atoms with Crippen LogP contribution in [0.2, 0.25) is 0 Å². The Balaban J connectivity index is 1.50. The molecule has 2 heterocycles. The predicted octanol–water partition coefficient (Wildman–Crippen LogP) is 5.31. The summed E-state index contributed by atoms with van der Waals surface area (Å²) in [6.45, 7) is 6.30. The third kappa shape index (κ3) is 4.39. The standard InChI is InChI=1S/C24H24N4OS/c1-4-18-6-5-7-20(13-18)26-23(29)15-30-24-22-14-21(27-28(22)11-10-25-24)19-9-8-16(2)17(3)12-19/h5-14H,4,15H2,1-3H3,(H,26,29). The lowest BCUT2D eigenvalue weighted by Gasteiger charge is -2.07. The molecule has 0 radical (unpaired) electrons. The van der Waals surface area contributed by atoms with Crippen molar-refractivity contribution in [3.05, 3.63) is 77.6 Å². The van der Waals surface area contributed by atoms with Crippen molar-refractivity contribution in [3.63, 3.8) is 0 Å². The summed E-state index contributed by atoms with van der Waals surface area (Å²) in [6.07, 6.45) is 4.49. The summed E-state index contributed by atoms with van der Waals surface area (Å²) in [4.78, 5) is 16.9. The summed E-state index contributed by atoms with van der Waals surface area (Å²) in [6, 6.07) is 16.3. The van der Waals surface area contributed by atoms with Gasteiger partial charge in [-0.2, -0.15) is 5.10 Å². The third-order valence-corrected chi connectivity index (χ3v) is 6.11. The topological polar surface area (TPSA) is 59.3 Å². The van der Waals surface area contributed by atoms with Crippen molar-refractivity contribution in [3.8, 4) is 11.3 Å². The minimum Gasteiger partial charge on any atom is -0.325 e. The molecule has 6 heteroatoms. The number of hydrogen-bond donors (Lipinski definition) is 1. The largest absolute Gasteiger partial charge is 0.325 e. The van der Waals surface area contributed by atoms with Gasteiger partial charge in [-0.15, -0.1) is 0 Å². The molecule has 0 fully saturated rings. The molecular weight excluding hydrogens is 392 g/mol. The summed E-state index contributed by atoms with van der Waals surface area (Å²) in [5, 5.41) is 8.45. The number of thioether (sulfide) groups is 1. The maximum absolute atomic E-state index is 12.4. The van der Waals surface area contributed by atoms with Crippen molar-refractivity contribution >= 4 is 28.9 Å². The first-order valence-electron chi connectivity index (χ1n) is 9.97. The molecule has 4 rings (SSSR count). The fourth-order valence-corrected chi connectivity index (χ4v) is 4.03. The Kier molecular flexibility index (Phi) is 5.86. The molecule has 2 aromatic heterocycles. The van der Waals surface area contributed by atoms with Gasteiger partial charge in [0, 0.05) is 23.6 Å². The van der Waals surface area contributed by atoms with E-state index in [1.165, 1.54) is 28.5 Å². The fourth-order valence-electron chi connectivity index (χ4n) is 3.25. The van der Waals surface area contributed by atoms with Gasteiger partial charge in [0.2, 0.25) is 5.91 Å². The highest BCUT2D eigenvalue weighted by molar-refractivity contribution is 8.00. The maximum Gasteiger partial charge on any atom is 0.234 e. The van der Waals surface area contributed by atoms with E-state index < -0.39 is 0 Å². The molecule has 30 heavy (non-hydrogen) atoms. The molecule has 1 amide bonds. The highest BCUT2D eigenvalue weighted by Gasteiger charge is 2.12. The Hall–Kier alpha value is -3.12. The molecule has 152 valence electrons. The molecule has 0 aliphatic carbocycles. The van der Waals surface area contributed by atoms with Gasteiger partial charge in [-0.05, 0) is 61.2 Å². The van der Waals surface area contributed by atoms with E-state index in [4.69, 9.17) is 5.10 Å². The van der Waals surface area contributed by atoms with E-state index in [0.717, 1.165) is 33.9 Å². The van der Waals surface area contributed by atoms with Gasteiger partial charge in [0.15, 0.2) is 0 Å². The second-order valence-electron chi connectivity index (χ2n) is 7.28. The average molecular weight is 417 g/mol. The summed E-state index contributed by atoms with van der Waals surface area (Å²) in [5.41, 5.74) is 7.39. The molecule has 4 aromatic rings. The fraction of sp³-hybridized carbons (Fsp3) is 0.208. The van der Waals surface area contributed by atoms with Crippen LogP contribution >= 0.6 is 11.8 Å². The summed E-state index contributed by atoms with van der Waals surface area (Å²) in [5.74, 6) is 0.235. The van der Waals surface area contributed by atoms with Crippen LogP contribution in [0.1, 0.15) is 23.6 Å². The number of benzene rings is 2. The van der Waals surface area contributed by atoms with E-state index in [2.05, 4.69) is 55.3 Å². The lowest BCUT2D eigenvalue weighted by Crippen LogP contribution is -2.14. The summed E-state index contributed by atoms with van der Waals surface area (Å²) in [7, 11) is 0. The number of carbonyl (C=O) groups is 1. The van der Waals surface area contributed by atoms with Crippen LogP contribution in [0, 0.1) is 13.8 Å². The van der Waals surface area contributed by atoms with Crippen molar-refractivity contribution in [1.29, 1.82) is 0 Å². The van der Waals surface area contributed by atoms with Crippen LogP contribution in [-0.2, 0) is 11.2 Å². The number of amides is 1. The SMILES string of the molecule is CCc1cccc(NC(=O)CSc2nccn3nc(-c4ccc(C)c(C)c4)cc23)c1. The van der Waals surface area contributed by atoms with Crippen LogP contribution in [-0.4, -0.2) is 26.3 Å². The van der Waals surface area contributed by atoms with Gasteiger partial charge in [-0.3, -0.25) is 4.79 Å². The summed E-state index contributed by atoms with van der Waals surface area (Å²) < 4.78 is 1.82. The molecule has 0 spiro atoms. The first kappa shape index (κ1) is 20.2. The van der Waals surface area contributed by atoms with E-state index in [0.29, 0.717) is 0 Å². The molecule has 0 saturated carbocycles. The Morgan fingerprint density at radius 2 is 1.97 bits per heavy atom. The Bertz CT molecular complexity index is 1220. The van der Waals surface area contributed by atoms with Crippen LogP contribution in [0.5, 0.6) is 0 Å². The molecule has 0 saturated heterocycles. The van der Waals surface area contributed by atoms with Gasteiger partial charge in [0.05, 0.1) is 17.0 Å². The van der Waals surface area contributed by atoms with E-state index in [-0.39, 0.29) is 11.7 Å². The zero-order valence-corrected chi connectivity index (χ0v) is 18.2. The van der Waals surface area contributed by atoms with Crippen molar-refractivity contribution in [2.75, 3.05) is 11.1 Å². The zero-order valence-electron chi connectivity index (χ0n) is 17.3.